The van der Waals surface area contributed by atoms with E-state index in [0.29, 0.717) is 6.92 Å². The predicted octanol–water partition coefficient (Wildman–Crippen LogP) is 3.77. The summed E-state index contributed by atoms with van der Waals surface area (Å²) in [5.41, 5.74) is 0.0889. The molecule has 6 nitrogen and oxygen atoms in total. The normalized spacial score (nSPS) is 16.5. The molecule has 0 aromatic carbocycles. The number of alkyl halides is 3. The summed E-state index contributed by atoms with van der Waals surface area (Å²) in [7, 11) is 0. The molecule has 2 rings (SSSR count). The number of hydrogen-bond donors (Lipinski definition) is 2. The van der Waals surface area contributed by atoms with Gasteiger partial charge >= 0.3 is 6.18 Å². The molecule has 2 heterocycles. The minimum atomic E-state index is -4.89. The summed E-state index contributed by atoms with van der Waals surface area (Å²) in [5.74, 6) is -0.859. The summed E-state index contributed by atoms with van der Waals surface area (Å²) in [6.07, 6.45) is -4.89. The lowest BCUT2D eigenvalue weighted by atomic mass is 10.3. The molecule has 0 fully saturated rings. The molecular formula is C14H16ClF3N6. The van der Waals surface area contributed by atoms with Crippen LogP contribution in [0.4, 0.5) is 25.1 Å². The maximum absolute atomic E-state index is 13.0. The molecule has 0 aliphatic heterocycles. The van der Waals surface area contributed by atoms with E-state index in [1.165, 1.54) is 26.0 Å². The number of nitrogens with zero attached hydrogens (tertiary/aromatic N) is 4. The van der Waals surface area contributed by atoms with Crippen LogP contribution in [0.15, 0.2) is 18.2 Å². The van der Waals surface area contributed by atoms with E-state index in [2.05, 4.69) is 25.3 Å². The lowest BCUT2D eigenvalue weighted by Gasteiger charge is -2.18. The fraction of sp³-hybridized carbons (Fsp3) is 0.429. The number of rotatable bonds is 5. The number of anilines is 2. The van der Waals surface area contributed by atoms with Crippen molar-refractivity contribution in [2.24, 2.45) is 0 Å². The first-order valence-corrected chi connectivity index (χ1v) is 7.08. The Balaban J connectivity index is 2.53. The number of aromatic nitrogens is 4. The van der Waals surface area contributed by atoms with Gasteiger partial charge in [-0.15, -0.1) is 0 Å². The SMILES string of the molecule is [2H]c1ccc(-c2nc(NC([2H])(C)C)nc(N[C@]([2H])(C)C(F)(F)F)n2)nc1Cl. The van der Waals surface area contributed by atoms with Gasteiger partial charge < -0.3 is 10.6 Å². The summed E-state index contributed by atoms with van der Waals surface area (Å²) in [6, 6.07) is -1.65. The zero-order chi connectivity index (χ0) is 20.6. The summed E-state index contributed by atoms with van der Waals surface area (Å²) < 4.78 is 61.8. The van der Waals surface area contributed by atoms with E-state index >= 15 is 0 Å². The van der Waals surface area contributed by atoms with Gasteiger partial charge in [0.05, 0.1) is 4.11 Å². The standard InChI is InChI=1S/C14H16ClF3N6/c1-7(2)19-12-22-11(9-5-4-6-10(15)21-9)23-13(24-12)20-8(3)14(16,17)18/h4-8H,1-3H3,(H2,19,20,22,23,24)/t8-/m1/s1/i6D,7D,8D. The predicted molar refractivity (Wildman–Crippen MR) is 86.0 cm³/mol. The van der Waals surface area contributed by atoms with E-state index in [1.807, 2.05) is 5.32 Å². The molecule has 10 heteroatoms. The Bertz CT molecular complexity index is 842. The Morgan fingerprint density at radius 3 is 2.29 bits per heavy atom. The molecule has 0 radical (unpaired) electrons. The Hall–Kier alpha value is -2.16. The van der Waals surface area contributed by atoms with Crippen molar-refractivity contribution in [1.82, 2.24) is 19.9 Å². The summed E-state index contributed by atoms with van der Waals surface area (Å²) in [4.78, 5) is 15.6. The highest BCUT2D eigenvalue weighted by molar-refractivity contribution is 6.29. The van der Waals surface area contributed by atoms with Gasteiger partial charge in [-0.3, -0.25) is 0 Å². The van der Waals surface area contributed by atoms with Crippen LogP contribution >= 0.6 is 11.6 Å². The van der Waals surface area contributed by atoms with Crippen LogP contribution in [-0.4, -0.2) is 38.1 Å². The first kappa shape index (κ1) is 14.2. The topological polar surface area (TPSA) is 75.6 Å². The zero-order valence-electron chi connectivity index (χ0n) is 16.0. The van der Waals surface area contributed by atoms with Crippen LogP contribution in [0.2, 0.25) is 5.15 Å². The van der Waals surface area contributed by atoms with Gasteiger partial charge in [0.15, 0.2) is 5.82 Å². The Morgan fingerprint density at radius 2 is 1.75 bits per heavy atom. The molecule has 24 heavy (non-hydrogen) atoms. The van der Waals surface area contributed by atoms with Crippen LogP contribution in [0.3, 0.4) is 0 Å². The summed E-state index contributed by atoms with van der Waals surface area (Å²) in [6.45, 7) is 3.58. The average molecular weight is 364 g/mol. The molecular weight excluding hydrogens is 345 g/mol. The third-order valence-corrected chi connectivity index (χ3v) is 2.81. The molecule has 0 aliphatic carbocycles. The molecule has 0 saturated carbocycles. The van der Waals surface area contributed by atoms with Crippen molar-refractivity contribution in [3.8, 4) is 11.5 Å². The smallest absolute Gasteiger partial charge is 0.352 e. The van der Waals surface area contributed by atoms with Crippen LogP contribution in [0.1, 0.15) is 24.9 Å². The van der Waals surface area contributed by atoms with Gasteiger partial charge in [0, 0.05) is 6.02 Å². The third-order valence-electron chi connectivity index (χ3n) is 2.61. The van der Waals surface area contributed by atoms with Crippen molar-refractivity contribution in [2.75, 3.05) is 10.6 Å². The van der Waals surface area contributed by atoms with E-state index in [1.54, 1.807) is 0 Å². The van der Waals surface area contributed by atoms with Crippen molar-refractivity contribution in [1.29, 1.82) is 0 Å². The molecule has 0 aliphatic rings. The lowest BCUT2D eigenvalue weighted by Crippen LogP contribution is -2.34. The van der Waals surface area contributed by atoms with Gasteiger partial charge in [-0.2, -0.15) is 28.1 Å². The van der Waals surface area contributed by atoms with Crippen molar-refractivity contribution >= 4 is 23.5 Å². The van der Waals surface area contributed by atoms with E-state index < -0.39 is 24.2 Å². The molecule has 130 valence electrons. The quantitative estimate of drug-likeness (QED) is 0.787. The van der Waals surface area contributed by atoms with Crippen molar-refractivity contribution in [2.45, 2.75) is 39.0 Å². The second-order valence-electron chi connectivity index (χ2n) is 4.94. The lowest BCUT2D eigenvalue weighted by molar-refractivity contribution is -0.138. The molecule has 0 bridgehead atoms. The first-order valence-electron chi connectivity index (χ1n) is 8.21. The monoisotopic (exact) mass is 363 g/mol. The zero-order valence-corrected chi connectivity index (χ0v) is 13.7. The highest BCUT2D eigenvalue weighted by Crippen LogP contribution is 2.24. The van der Waals surface area contributed by atoms with E-state index in [-0.39, 0.29) is 28.7 Å². The number of pyridine rings is 1. The molecule has 0 spiro atoms. The van der Waals surface area contributed by atoms with Crippen molar-refractivity contribution in [3.63, 3.8) is 0 Å². The van der Waals surface area contributed by atoms with Gasteiger partial charge in [-0.05, 0) is 32.9 Å². The van der Waals surface area contributed by atoms with Crippen LogP contribution in [0.5, 0.6) is 0 Å². The average Bonchev–Trinajstić information content (AvgIpc) is 2.46. The molecule has 2 N–H and O–H groups in total. The minimum Gasteiger partial charge on any atom is -0.352 e. The van der Waals surface area contributed by atoms with Crippen LogP contribution < -0.4 is 10.6 Å². The third kappa shape index (κ3) is 4.92. The molecule has 1 atom stereocenters. The Kier molecular flexibility index (Phi) is 4.24. The van der Waals surface area contributed by atoms with E-state index in [0.717, 1.165) is 0 Å². The maximum atomic E-state index is 13.0. The highest BCUT2D eigenvalue weighted by Gasteiger charge is 2.36. The minimum absolute atomic E-state index is 0.0470. The first-order chi connectivity index (χ1) is 12.2. The van der Waals surface area contributed by atoms with E-state index in [4.69, 9.17) is 15.7 Å². The summed E-state index contributed by atoms with van der Waals surface area (Å²) in [5, 5.41) is 4.37. The fourth-order valence-corrected chi connectivity index (χ4v) is 1.71. The van der Waals surface area contributed by atoms with Gasteiger partial charge in [0.2, 0.25) is 11.9 Å². The molecule has 2 aromatic heterocycles. The van der Waals surface area contributed by atoms with Gasteiger partial charge in [-0.25, -0.2) is 4.98 Å². The van der Waals surface area contributed by atoms with Gasteiger partial charge in [0.25, 0.3) is 0 Å². The Labute approximate surface area is 146 Å². The van der Waals surface area contributed by atoms with E-state index in [9.17, 15) is 13.2 Å². The van der Waals surface area contributed by atoms with Crippen LogP contribution in [-0.2, 0) is 0 Å². The maximum Gasteiger partial charge on any atom is 0.408 e. The van der Waals surface area contributed by atoms with Crippen molar-refractivity contribution < 1.29 is 17.3 Å². The van der Waals surface area contributed by atoms with Gasteiger partial charge in [-0.1, -0.05) is 17.7 Å². The molecule has 0 saturated heterocycles. The van der Waals surface area contributed by atoms with Crippen LogP contribution in [0, 0.1) is 0 Å². The number of halogens is 4. The molecule has 0 unspecified atom stereocenters. The summed E-state index contributed by atoms with van der Waals surface area (Å²) >= 11 is 5.81. The molecule has 0 amide bonds. The molecule has 2 aromatic rings. The van der Waals surface area contributed by atoms with Crippen molar-refractivity contribution in [3.05, 3.63) is 23.3 Å². The Morgan fingerprint density at radius 1 is 1.12 bits per heavy atom. The number of hydrogen-bond acceptors (Lipinski definition) is 6. The number of nitrogens with one attached hydrogen (secondary N) is 2. The second-order valence-corrected chi connectivity index (χ2v) is 5.30. The largest absolute Gasteiger partial charge is 0.408 e. The highest BCUT2D eigenvalue weighted by atomic mass is 35.5. The fourth-order valence-electron chi connectivity index (χ4n) is 1.55. The second kappa shape index (κ2) is 7.16. The van der Waals surface area contributed by atoms with Gasteiger partial charge in [0.1, 0.15) is 16.9 Å². The van der Waals surface area contributed by atoms with Crippen LogP contribution in [0.25, 0.3) is 11.5 Å².